The highest BCUT2D eigenvalue weighted by molar-refractivity contribution is 6.99. The molecule has 0 saturated carbocycles. The smallest absolute Gasteiger partial charge is 0.326 e. The van der Waals surface area contributed by atoms with Crippen molar-refractivity contribution in [2.45, 2.75) is 12.5 Å². The molecule has 82 valence electrons. The van der Waals surface area contributed by atoms with E-state index in [1.54, 1.807) is 0 Å². The van der Waals surface area contributed by atoms with E-state index in [0.29, 0.717) is 0 Å². The second kappa shape index (κ2) is 5.37. The maximum absolute atomic E-state index is 11.3. The highest BCUT2D eigenvalue weighted by Gasteiger charge is 2.20. The Kier molecular flexibility index (Phi) is 4.13. The summed E-state index contributed by atoms with van der Waals surface area (Å²) in [6.45, 7) is -0.313. The van der Waals surface area contributed by atoms with Crippen molar-refractivity contribution in [2.75, 3.05) is 6.61 Å². The minimum Gasteiger partial charge on any atom is -0.480 e. The summed E-state index contributed by atoms with van der Waals surface area (Å²) in [5, 5.41) is 19.5. The summed E-state index contributed by atoms with van der Waals surface area (Å²) in [6, 6.07) is -1.11. The fourth-order valence-electron chi connectivity index (χ4n) is 0.883. The Hall–Kier alpha value is -1.54. The molecule has 0 unspecified atom stereocenters. The molecule has 0 fully saturated rings. The topological polar surface area (TPSA) is 112 Å². The lowest BCUT2D eigenvalue weighted by atomic mass is 10.2. The number of nitrogens with zero attached hydrogens (tertiary/aromatic N) is 2. The van der Waals surface area contributed by atoms with Gasteiger partial charge in [0.25, 0.3) is 5.91 Å². The van der Waals surface area contributed by atoms with Crippen LogP contribution in [0.5, 0.6) is 0 Å². The normalized spacial score (nSPS) is 12.1. The summed E-state index contributed by atoms with van der Waals surface area (Å²) in [6.07, 6.45) is 1.20. The summed E-state index contributed by atoms with van der Waals surface area (Å²) < 4.78 is 7.27. The van der Waals surface area contributed by atoms with Gasteiger partial charge in [0.05, 0.1) is 17.9 Å². The maximum Gasteiger partial charge on any atom is 0.326 e. The Morgan fingerprint density at radius 1 is 1.60 bits per heavy atom. The van der Waals surface area contributed by atoms with Crippen molar-refractivity contribution in [3.05, 3.63) is 11.9 Å². The highest BCUT2D eigenvalue weighted by atomic mass is 32.1. The van der Waals surface area contributed by atoms with Crippen molar-refractivity contribution in [3.63, 3.8) is 0 Å². The van der Waals surface area contributed by atoms with Crippen LogP contribution >= 0.6 is 11.7 Å². The molecule has 0 aliphatic carbocycles. The second-order valence-corrected chi connectivity index (χ2v) is 3.23. The average Bonchev–Trinajstić information content (AvgIpc) is 2.69. The van der Waals surface area contributed by atoms with Gasteiger partial charge in [0.2, 0.25) is 0 Å². The first-order valence-electron chi connectivity index (χ1n) is 4.07. The van der Waals surface area contributed by atoms with E-state index in [9.17, 15) is 9.59 Å². The van der Waals surface area contributed by atoms with E-state index >= 15 is 0 Å². The van der Waals surface area contributed by atoms with Crippen LogP contribution in [0, 0.1) is 0 Å². The summed E-state index contributed by atoms with van der Waals surface area (Å²) in [7, 11) is 0. The third kappa shape index (κ3) is 3.26. The number of hydrogen-bond donors (Lipinski definition) is 3. The number of carbonyl (C=O) groups is 2. The van der Waals surface area contributed by atoms with Gasteiger partial charge in [-0.3, -0.25) is 4.79 Å². The van der Waals surface area contributed by atoms with Crippen molar-refractivity contribution >= 4 is 23.6 Å². The Bertz CT molecular complexity index is 340. The molecule has 3 N–H and O–H groups in total. The van der Waals surface area contributed by atoms with E-state index in [-0.39, 0.29) is 18.7 Å². The molecule has 1 aromatic rings. The number of aliphatic hydroxyl groups is 1. The van der Waals surface area contributed by atoms with Crippen LogP contribution in [-0.4, -0.2) is 43.5 Å². The highest BCUT2D eigenvalue weighted by Crippen LogP contribution is 1.98. The summed E-state index contributed by atoms with van der Waals surface area (Å²) >= 11 is 0.859. The van der Waals surface area contributed by atoms with E-state index in [1.165, 1.54) is 6.20 Å². The van der Waals surface area contributed by atoms with E-state index in [2.05, 4.69) is 14.1 Å². The van der Waals surface area contributed by atoms with Crippen LogP contribution < -0.4 is 5.32 Å². The van der Waals surface area contributed by atoms with Crippen molar-refractivity contribution in [1.82, 2.24) is 14.1 Å². The lowest BCUT2D eigenvalue weighted by molar-refractivity contribution is -0.139. The largest absolute Gasteiger partial charge is 0.480 e. The molecule has 1 rings (SSSR count). The first-order chi connectivity index (χ1) is 7.15. The minimum absolute atomic E-state index is 0.0430. The third-order valence-corrected chi connectivity index (χ3v) is 2.09. The number of nitrogens with one attached hydrogen (secondary N) is 1. The van der Waals surface area contributed by atoms with Crippen molar-refractivity contribution in [2.24, 2.45) is 0 Å². The molecule has 8 heteroatoms. The number of rotatable bonds is 5. The Labute approximate surface area is 89.1 Å². The minimum atomic E-state index is -1.19. The molecule has 1 aromatic heterocycles. The van der Waals surface area contributed by atoms with Crippen LogP contribution in [0.1, 0.15) is 16.9 Å². The monoisotopic (exact) mass is 231 g/mol. The number of carboxylic acid groups (broad SMARTS) is 1. The lowest BCUT2D eigenvalue weighted by Gasteiger charge is -2.11. The molecule has 0 radical (unpaired) electrons. The van der Waals surface area contributed by atoms with Crippen LogP contribution in [0.3, 0.4) is 0 Å². The summed E-state index contributed by atoms with van der Waals surface area (Å²) in [4.78, 5) is 22.0. The molecule has 0 spiro atoms. The first kappa shape index (κ1) is 11.5. The zero-order valence-electron chi connectivity index (χ0n) is 7.58. The number of aliphatic carboxylic acids is 1. The Balaban J connectivity index is 2.59. The number of aromatic nitrogens is 2. The molecule has 1 atom stereocenters. The van der Waals surface area contributed by atoms with Gasteiger partial charge < -0.3 is 15.5 Å². The average molecular weight is 231 g/mol. The molecule has 0 aromatic carbocycles. The quantitative estimate of drug-likeness (QED) is 0.605. The van der Waals surface area contributed by atoms with Gasteiger partial charge in [-0.2, -0.15) is 8.75 Å². The zero-order chi connectivity index (χ0) is 11.3. The van der Waals surface area contributed by atoms with Crippen molar-refractivity contribution in [1.29, 1.82) is 0 Å². The van der Waals surface area contributed by atoms with Gasteiger partial charge in [-0.15, -0.1) is 0 Å². The zero-order valence-corrected chi connectivity index (χ0v) is 8.40. The van der Waals surface area contributed by atoms with Crippen molar-refractivity contribution < 1.29 is 19.8 Å². The fraction of sp³-hybridized carbons (Fsp3) is 0.429. The number of amides is 1. The number of hydrogen-bond acceptors (Lipinski definition) is 6. The molecule has 7 nitrogen and oxygen atoms in total. The molecule has 0 saturated heterocycles. The van der Waals surface area contributed by atoms with Gasteiger partial charge >= 0.3 is 5.97 Å². The van der Waals surface area contributed by atoms with Crippen LogP contribution in [0.15, 0.2) is 6.20 Å². The maximum atomic E-state index is 11.3. The Morgan fingerprint density at radius 3 is 2.80 bits per heavy atom. The summed E-state index contributed by atoms with van der Waals surface area (Å²) in [5.74, 6) is -1.80. The van der Waals surface area contributed by atoms with Gasteiger partial charge in [0.15, 0.2) is 5.69 Å². The van der Waals surface area contributed by atoms with Crippen LogP contribution in [0.4, 0.5) is 0 Å². The molecule has 0 aliphatic heterocycles. The molecule has 0 aliphatic rings. The number of carbonyl (C=O) groups excluding carboxylic acids is 1. The van der Waals surface area contributed by atoms with E-state index in [1.807, 2.05) is 0 Å². The predicted molar refractivity (Wildman–Crippen MR) is 50.5 cm³/mol. The van der Waals surface area contributed by atoms with Gasteiger partial charge in [-0.25, -0.2) is 4.79 Å². The summed E-state index contributed by atoms with van der Waals surface area (Å²) in [5.41, 5.74) is 0.0733. The second-order valence-electron chi connectivity index (χ2n) is 2.67. The van der Waals surface area contributed by atoms with Gasteiger partial charge in [-0.1, -0.05) is 0 Å². The van der Waals surface area contributed by atoms with Crippen LogP contribution in [0.2, 0.25) is 0 Å². The SMILES string of the molecule is O=C(N[C@@H](CCO)C(=O)O)c1cnsn1. The molecule has 0 bridgehead atoms. The number of carboxylic acids is 1. The molecular formula is C7H9N3O4S. The molecule has 1 heterocycles. The van der Waals surface area contributed by atoms with E-state index < -0.39 is 17.9 Å². The lowest BCUT2D eigenvalue weighted by Crippen LogP contribution is -2.41. The van der Waals surface area contributed by atoms with E-state index in [4.69, 9.17) is 10.2 Å². The van der Waals surface area contributed by atoms with Gasteiger partial charge in [-0.05, 0) is 0 Å². The third-order valence-electron chi connectivity index (χ3n) is 1.62. The Morgan fingerprint density at radius 2 is 2.33 bits per heavy atom. The van der Waals surface area contributed by atoms with Crippen LogP contribution in [-0.2, 0) is 4.79 Å². The van der Waals surface area contributed by atoms with Crippen LogP contribution in [0.25, 0.3) is 0 Å². The molecule has 15 heavy (non-hydrogen) atoms. The van der Waals surface area contributed by atoms with Gasteiger partial charge in [0.1, 0.15) is 6.04 Å². The molecular weight excluding hydrogens is 222 g/mol. The standard InChI is InChI=1S/C7H9N3O4S/c11-2-1-4(7(13)14)9-6(12)5-3-8-15-10-5/h3-4,11H,1-2H2,(H,9,12)(H,13,14)/t4-/m0/s1. The first-order valence-corrected chi connectivity index (χ1v) is 4.80. The van der Waals surface area contributed by atoms with Crippen molar-refractivity contribution in [3.8, 4) is 0 Å². The van der Waals surface area contributed by atoms with E-state index in [0.717, 1.165) is 11.7 Å². The molecule has 1 amide bonds. The fourth-order valence-corrected chi connectivity index (χ4v) is 1.30. The van der Waals surface area contributed by atoms with Gasteiger partial charge in [0, 0.05) is 13.0 Å². The predicted octanol–water partition coefficient (Wildman–Crippen LogP) is -0.897. The number of aliphatic hydroxyl groups excluding tert-OH is 1.